The molecule has 3 atom stereocenters. The van der Waals surface area contributed by atoms with Crippen LogP contribution < -0.4 is 5.73 Å². The van der Waals surface area contributed by atoms with Gasteiger partial charge in [0.15, 0.2) is 5.79 Å². The maximum atomic E-state index is 11.9. The van der Waals surface area contributed by atoms with Gasteiger partial charge in [0.1, 0.15) is 0 Å². The van der Waals surface area contributed by atoms with Crippen molar-refractivity contribution in [3.63, 3.8) is 0 Å². The van der Waals surface area contributed by atoms with Crippen molar-refractivity contribution in [2.75, 3.05) is 26.3 Å². The monoisotopic (exact) mass is 396 g/mol. The topological polar surface area (TPSA) is 64.8 Å². The summed E-state index contributed by atoms with van der Waals surface area (Å²) in [6.45, 7) is 3.82. The number of nitrogens with zero attached hydrogens (tertiary/aromatic N) is 1. The minimum Gasteiger partial charge on any atom is -0.366 e. The van der Waals surface area contributed by atoms with E-state index < -0.39 is 5.79 Å². The molecule has 2 N–H and O–H groups in total. The molecule has 4 fully saturated rings. The van der Waals surface area contributed by atoms with Gasteiger partial charge in [0.2, 0.25) is 5.91 Å². The Labute approximate surface area is 172 Å². The number of rotatable bonds is 3. The van der Waals surface area contributed by atoms with Crippen molar-refractivity contribution in [2.24, 2.45) is 17.6 Å². The van der Waals surface area contributed by atoms with Gasteiger partial charge < -0.3 is 15.2 Å². The SMILES string of the molecule is NC(=O)c1ccc2c(c1)[C@]13CCN(CC4CCC4)[C@H](C2)[C@@H]1CCC1(C3)OCCO1. The molecule has 29 heavy (non-hydrogen) atoms. The molecule has 3 aliphatic carbocycles. The van der Waals surface area contributed by atoms with E-state index in [1.54, 1.807) is 0 Å². The van der Waals surface area contributed by atoms with Crippen LogP contribution in [-0.4, -0.2) is 48.9 Å². The molecule has 2 saturated carbocycles. The lowest BCUT2D eigenvalue weighted by atomic mass is 9.51. The Kier molecular flexibility index (Phi) is 4.13. The average Bonchev–Trinajstić information content (AvgIpc) is 3.12. The van der Waals surface area contributed by atoms with Gasteiger partial charge in [-0.15, -0.1) is 0 Å². The van der Waals surface area contributed by atoms with E-state index in [-0.39, 0.29) is 11.3 Å². The summed E-state index contributed by atoms with van der Waals surface area (Å²) in [5.74, 6) is 0.765. The van der Waals surface area contributed by atoms with Crippen molar-refractivity contribution in [2.45, 2.75) is 68.6 Å². The molecule has 2 saturated heterocycles. The first-order valence-electron chi connectivity index (χ1n) is 11.5. The summed E-state index contributed by atoms with van der Waals surface area (Å²) in [6.07, 6.45) is 9.52. The standard InChI is InChI=1S/C24H32N2O3/c25-22(27)18-5-4-17-13-21-19-6-7-24(28-10-11-29-24)15-23(19,20(17)12-18)8-9-26(21)14-16-2-1-3-16/h4-5,12,16,19,21H,1-3,6-11,13-15H2,(H2,25,27)/t19-,21+,23-/m0/s1. The molecule has 5 nitrogen and oxygen atoms in total. The molecule has 2 heterocycles. The molecule has 5 aliphatic rings. The van der Waals surface area contributed by atoms with Crippen molar-refractivity contribution in [1.82, 2.24) is 4.90 Å². The summed E-state index contributed by atoms with van der Waals surface area (Å²) in [5, 5.41) is 0. The third-order valence-corrected chi connectivity index (χ3v) is 8.80. The van der Waals surface area contributed by atoms with Crippen LogP contribution in [0.25, 0.3) is 0 Å². The predicted molar refractivity (Wildman–Crippen MR) is 110 cm³/mol. The molecule has 2 aliphatic heterocycles. The molecule has 6 rings (SSSR count). The largest absolute Gasteiger partial charge is 0.366 e. The van der Waals surface area contributed by atoms with Crippen LogP contribution in [0.5, 0.6) is 0 Å². The number of piperidine rings is 1. The normalized spacial score (nSPS) is 35.7. The van der Waals surface area contributed by atoms with E-state index in [1.165, 1.54) is 36.9 Å². The van der Waals surface area contributed by atoms with Crippen LogP contribution in [0.15, 0.2) is 18.2 Å². The number of hydrogen-bond acceptors (Lipinski definition) is 4. The minimum atomic E-state index is -0.422. The van der Waals surface area contributed by atoms with Crippen molar-refractivity contribution < 1.29 is 14.3 Å². The van der Waals surface area contributed by atoms with Crippen LogP contribution in [-0.2, 0) is 21.3 Å². The number of likely N-dealkylation sites (tertiary alicyclic amines) is 1. The Morgan fingerprint density at radius 1 is 1.17 bits per heavy atom. The van der Waals surface area contributed by atoms with Gasteiger partial charge in [-0.25, -0.2) is 0 Å². The fraction of sp³-hybridized carbons (Fsp3) is 0.708. The van der Waals surface area contributed by atoms with Crippen LogP contribution in [0.2, 0.25) is 0 Å². The van der Waals surface area contributed by atoms with Gasteiger partial charge >= 0.3 is 0 Å². The Morgan fingerprint density at radius 3 is 2.72 bits per heavy atom. The second kappa shape index (κ2) is 6.53. The maximum absolute atomic E-state index is 11.9. The summed E-state index contributed by atoms with van der Waals surface area (Å²) < 4.78 is 12.4. The number of amides is 1. The number of hydrogen-bond donors (Lipinski definition) is 1. The number of primary amides is 1. The first-order valence-corrected chi connectivity index (χ1v) is 11.5. The molecule has 2 bridgehead atoms. The number of carbonyl (C=O) groups excluding carboxylic acids is 1. The third kappa shape index (κ3) is 2.74. The highest BCUT2D eigenvalue weighted by molar-refractivity contribution is 5.93. The highest BCUT2D eigenvalue weighted by atomic mass is 16.7. The number of carbonyl (C=O) groups is 1. The molecular weight excluding hydrogens is 364 g/mol. The molecule has 0 radical (unpaired) electrons. The van der Waals surface area contributed by atoms with E-state index in [1.807, 2.05) is 6.07 Å². The molecule has 1 amide bonds. The zero-order valence-electron chi connectivity index (χ0n) is 17.2. The maximum Gasteiger partial charge on any atom is 0.248 e. The fourth-order valence-electron chi connectivity index (χ4n) is 7.22. The van der Waals surface area contributed by atoms with Crippen molar-refractivity contribution in [3.8, 4) is 0 Å². The summed E-state index contributed by atoms with van der Waals surface area (Å²) in [4.78, 5) is 14.8. The molecule has 1 spiro atoms. The number of nitrogens with two attached hydrogens (primary N) is 1. The second-order valence-electron chi connectivity index (χ2n) is 10.1. The van der Waals surface area contributed by atoms with Crippen molar-refractivity contribution in [3.05, 3.63) is 34.9 Å². The molecule has 1 aromatic carbocycles. The number of fused-ring (bicyclic) bond motifs is 1. The second-order valence-corrected chi connectivity index (χ2v) is 10.1. The lowest BCUT2D eigenvalue weighted by molar-refractivity contribution is -0.214. The van der Waals surface area contributed by atoms with Crippen molar-refractivity contribution >= 4 is 5.91 Å². The van der Waals surface area contributed by atoms with Crippen LogP contribution in [0.4, 0.5) is 0 Å². The van der Waals surface area contributed by atoms with Gasteiger partial charge in [0, 0.05) is 36.4 Å². The Balaban J connectivity index is 1.42. The summed E-state index contributed by atoms with van der Waals surface area (Å²) in [5.41, 5.74) is 9.11. The molecule has 0 unspecified atom stereocenters. The first-order chi connectivity index (χ1) is 14.1. The zero-order chi connectivity index (χ0) is 19.6. The fourth-order valence-corrected chi connectivity index (χ4v) is 7.22. The average molecular weight is 397 g/mol. The van der Waals surface area contributed by atoms with E-state index >= 15 is 0 Å². The summed E-state index contributed by atoms with van der Waals surface area (Å²) >= 11 is 0. The zero-order valence-corrected chi connectivity index (χ0v) is 17.2. The van der Waals surface area contributed by atoms with Crippen LogP contribution >= 0.6 is 0 Å². The van der Waals surface area contributed by atoms with E-state index in [9.17, 15) is 4.79 Å². The summed E-state index contributed by atoms with van der Waals surface area (Å²) in [7, 11) is 0. The van der Waals surface area contributed by atoms with Gasteiger partial charge in [-0.2, -0.15) is 0 Å². The summed E-state index contributed by atoms with van der Waals surface area (Å²) in [6, 6.07) is 6.81. The van der Waals surface area contributed by atoms with Gasteiger partial charge in [0.25, 0.3) is 0 Å². The Bertz CT molecular complexity index is 829. The van der Waals surface area contributed by atoms with Crippen LogP contribution in [0.1, 0.15) is 66.4 Å². The third-order valence-electron chi connectivity index (χ3n) is 8.80. The van der Waals surface area contributed by atoms with Gasteiger partial charge in [0.05, 0.1) is 13.2 Å². The molecule has 5 heteroatoms. The van der Waals surface area contributed by atoms with Gasteiger partial charge in [-0.3, -0.25) is 9.69 Å². The van der Waals surface area contributed by atoms with E-state index in [0.717, 1.165) is 44.6 Å². The minimum absolute atomic E-state index is 0.0441. The predicted octanol–water partition coefficient (Wildman–Crippen LogP) is 3.00. The smallest absolute Gasteiger partial charge is 0.248 e. The molecule has 0 aromatic heterocycles. The van der Waals surface area contributed by atoms with Crippen molar-refractivity contribution in [1.29, 1.82) is 0 Å². The Morgan fingerprint density at radius 2 is 2.00 bits per heavy atom. The molecular formula is C24H32N2O3. The van der Waals surface area contributed by atoms with E-state index in [2.05, 4.69) is 17.0 Å². The Hall–Kier alpha value is -1.43. The highest BCUT2D eigenvalue weighted by Gasteiger charge is 2.60. The molecule has 1 aromatic rings. The lowest BCUT2D eigenvalue weighted by Gasteiger charge is -2.61. The number of benzene rings is 1. The van der Waals surface area contributed by atoms with E-state index in [4.69, 9.17) is 15.2 Å². The highest BCUT2D eigenvalue weighted by Crippen LogP contribution is 2.59. The van der Waals surface area contributed by atoms with E-state index in [0.29, 0.717) is 30.7 Å². The number of ether oxygens (including phenoxy) is 2. The van der Waals surface area contributed by atoms with Crippen LogP contribution in [0, 0.1) is 11.8 Å². The van der Waals surface area contributed by atoms with Gasteiger partial charge in [-0.1, -0.05) is 12.5 Å². The first kappa shape index (κ1) is 18.3. The quantitative estimate of drug-likeness (QED) is 0.853. The lowest BCUT2D eigenvalue weighted by Crippen LogP contribution is -2.64. The van der Waals surface area contributed by atoms with Crippen LogP contribution in [0.3, 0.4) is 0 Å². The molecule has 156 valence electrons. The van der Waals surface area contributed by atoms with Gasteiger partial charge in [-0.05, 0) is 73.7 Å².